The normalized spacial score (nSPS) is 10.2. The van der Waals surface area contributed by atoms with Crippen LogP contribution in [0, 0.1) is 5.82 Å². The Bertz CT molecular complexity index is 293. The summed E-state index contributed by atoms with van der Waals surface area (Å²) >= 11 is 5.14. The third-order valence-electron chi connectivity index (χ3n) is 1.77. The highest BCUT2D eigenvalue weighted by molar-refractivity contribution is 9.10. The summed E-state index contributed by atoms with van der Waals surface area (Å²) in [5, 5.41) is 3.25. The van der Waals surface area contributed by atoms with Gasteiger partial charge in [-0.25, -0.2) is 4.39 Å². The molecule has 0 amide bonds. The Labute approximate surface area is 96.6 Å². The second kappa shape index (κ2) is 6.30. The molecule has 78 valence electrons. The van der Waals surface area contributed by atoms with Gasteiger partial charge in [-0.3, -0.25) is 0 Å². The molecule has 0 saturated heterocycles. The zero-order valence-electron chi connectivity index (χ0n) is 8.02. The van der Waals surface area contributed by atoms with E-state index in [-0.39, 0.29) is 5.82 Å². The molecule has 0 heterocycles. The first-order chi connectivity index (χ1) is 6.74. The second-order valence-corrected chi connectivity index (χ2v) is 4.74. The van der Waals surface area contributed by atoms with Crippen molar-refractivity contribution in [3.8, 4) is 0 Å². The Morgan fingerprint density at radius 3 is 2.93 bits per heavy atom. The first-order valence-corrected chi connectivity index (χ1v) is 6.60. The van der Waals surface area contributed by atoms with Gasteiger partial charge in [0.05, 0.1) is 0 Å². The van der Waals surface area contributed by atoms with Gasteiger partial charge in [0.1, 0.15) is 5.82 Å². The molecule has 0 fully saturated rings. The van der Waals surface area contributed by atoms with E-state index in [1.54, 1.807) is 6.07 Å². The third-order valence-corrected chi connectivity index (χ3v) is 3.12. The minimum absolute atomic E-state index is 0.216. The molecule has 1 aromatic rings. The van der Waals surface area contributed by atoms with E-state index in [2.05, 4.69) is 27.5 Å². The molecule has 1 N–H and O–H groups in total. The summed E-state index contributed by atoms with van der Waals surface area (Å²) in [4.78, 5) is 0. The van der Waals surface area contributed by atoms with E-state index < -0.39 is 0 Å². The fourth-order valence-electron chi connectivity index (χ4n) is 1.07. The summed E-state index contributed by atoms with van der Waals surface area (Å²) in [5.41, 5.74) is 0.951. The maximum Gasteiger partial charge on any atom is 0.124 e. The molecule has 0 aliphatic carbocycles. The van der Waals surface area contributed by atoms with Gasteiger partial charge in [-0.2, -0.15) is 11.8 Å². The molecule has 0 aliphatic rings. The first-order valence-electron chi connectivity index (χ1n) is 4.42. The summed E-state index contributed by atoms with van der Waals surface area (Å²) < 4.78 is 13.5. The zero-order chi connectivity index (χ0) is 10.4. The van der Waals surface area contributed by atoms with Crippen molar-refractivity contribution in [2.24, 2.45) is 0 Å². The molecule has 0 unspecified atom stereocenters. The van der Waals surface area contributed by atoms with E-state index >= 15 is 0 Å². The van der Waals surface area contributed by atoms with Crippen LogP contribution in [0.25, 0.3) is 0 Å². The third kappa shape index (κ3) is 3.88. The summed E-state index contributed by atoms with van der Waals surface area (Å²) in [6.07, 6.45) is 3.21. The van der Waals surface area contributed by atoms with Crippen LogP contribution in [0.5, 0.6) is 0 Å². The number of benzene rings is 1. The Morgan fingerprint density at radius 1 is 1.50 bits per heavy atom. The Morgan fingerprint density at radius 2 is 2.29 bits per heavy atom. The molecule has 1 rings (SSSR count). The molecular weight excluding hydrogens is 265 g/mol. The summed E-state index contributed by atoms with van der Waals surface area (Å²) in [5.74, 6) is 0.928. The molecule has 0 atom stereocenters. The standard InChI is InChI=1S/C10H13BrFNS/c1-14-6-2-5-13-10-4-3-8(12)7-9(10)11/h3-4,7,13H,2,5-6H2,1H3. The predicted molar refractivity (Wildman–Crippen MR) is 65.6 cm³/mol. The minimum atomic E-state index is -0.216. The molecule has 1 aromatic carbocycles. The van der Waals surface area contributed by atoms with Crippen molar-refractivity contribution >= 4 is 33.4 Å². The summed E-state index contributed by atoms with van der Waals surface area (Å²) in [6, 6.07) is 4.68. The molecule has 0 aromatic heterocycles. The van der Waals surface area contributed by atoms with Crippen LogP contribution in [-0.4, -0.2) is 18.6 Å². The van der Waals surface area contributed by atoms with Crippen molar-refractivity contribution in [3.63, 3.8) is 0 Å². The lowest BCUT2D eigenvalue weighted by atomic mass is 10.3. The average molecular weight is 278 g/mol. The van der Waals surface area contributed by atoms with Gasteiger partial charge in [-0.15, -0.1) is 0 Å². The fraction of sp³-hybridized carbons (Fsp3) is 0.400. The van der Waals surface area contributed by atoms with Crippen LogP contribution in [-0.2, 0) is 0 Å². The molecule has 0 spiro atoms. The molecule has 0 saturated carbocycles. The minimum Gasteiger partial charge on any atom is -0.384 e. The molecule has 1 nitrogen and oxygen atoms in total. The maximum atomic E-state index is 12.7. The number of thioether (sulfide) groups is 1. The van der Waals surface area contributed by atoms with Crippen LogP contribution >= 0.6 is 27.7 Å². The Kier molecular flexibility index (Phi) is 5.33. The van der Waals surface area contributed by atoms with E-state index in [1.165, 1.54) is 12.1 Å². The van der Waals surface area contributed by atoms with Crippen molar-refractivity contribution in [1.29, 1.82) is 0 Å². The van der Waals surface area contributed by atoms with Crippen LogP contribution in [0.3, 0.4) is 0 Å². The maximum absolute atomic E-state index is 12.7. The fourth-order valence-corrected chi connectivity index (χ4v) is 2.00. The number of hydrogen-bond acceptors (Lipinski definition) is 2. The monoisotopic (exact) mass is 277 g/mol. The molecular formula is C10H13BrFNS. The average Bonchev–Trinajstić information content (AvgIpc) is 2.15. The Balaban J connectivity index is 2.42. The van der Waals surface area contributed by atoms with Crippen LogP contribution in [0.2, 0.25) is 0 Å². The molecule has 14 heavy (non-hydrogen) atoms. The van der Waals surface area contributed by atoms with Crippen molar-refractivity contribution < 1.29 is 4.39 Å². The van der Waals surface area contributed by atoms with Crippen LogP contribution < -0.4 is 5.32 Å². The number of rotatable bonds is 5. The first kappa shape index (κ1) is 11.9. The summed E-state index contributed by atoms with van der Waals surface area (Å²) in [7, 11) is 0. The molecule has 0 aliphatic heterocycles. The van der Waals surface area contributed by atoms with Crippen molar-refractivity contribution in [1.82, 2.24) is 0 Å². The smallest absolute Gasteiger partial charge is 0.124 e. The van der Waals surface area contributed by atoms with Crippen LogP contribution in [0.4, 0.5) is 10.1 Å². The van der Waals surface area contributed by atoms with E-state index in [0.29, 0.717) is 0 Å². The van der Waals surface area contributed by atoms with E-state index in [1.807, 2.05) is 11.8 Å². The zero-order valence-corrected chi connectivity index (χ0v) is 10.4. The van der Waals surface area contributed by atoms with Gasteiger partial charge < -0.3 is 5.32 Å². The van der Waals surface area contributed by atoms with Gasteiger partial charge in [0.25, 0.3) is 0 Å². The lowest BCUT2D eigenvalue weighted by molar-refractivity contribution is 0.627. The van der Waals surface area contributed by atoms with E-state index in [9.17, 15) is 4.39 Å². The number of anilines is 1. The molecule has 0 bridgehead atoms. The van der Waals surface area contributed by atoms with Gasteiger partial charge in [0.2, 0.25) is 0 Å². The number of halogens is 2. The number of nitrogens with one attached hydrogen (secondary N) is 1. The lowest BCUT2D eigenvalue weighted by Gasteiger charge is -2.07. The second-order valence-electron chi connectivity index (χ2n) is 2.90. The van der Waals surface area contributed by atoms with E-state index in [0.717, 1.165) is 28.9 Å². The van der Waals surface area contributed by atoms with Crippen molar-refractivity contribution in [2.75, 3.05) is 23.9 Å². The molecule has 4 heteroatoms. The largest absolute Gasteiger partial charge is 0.384 e. The topological polar surface area (TPSA) is 12.0 Å². The van der Waals surface area contributed by atoms with Gasteiger partial charge in [0.15, 0.2) is 0 Å². The summed E-state index contributed by atoms with van der Waals surface area (Å²) in [6.45, 7) is 0.922. The van der Waals surface area contributed by atoms with Gasteiger partial charge in [-0.05, 0) is 52.6 Å². The quantitative estimate of drug-likeness (QED) is 0.823. The highest BCUT2D eigenvalue weighted by atomic mass is 79.9. The van der Waals surface area contributed by atoms with Crippen molar-refractivity contribution in [3.05, 3.63) is 28.5 Å². The van der Waals surface area contributed by atoms with Gasteiger partial charge >= 0.3 is 0 Å². The van der Waals surface area contributed by atoms with Gasteiger partial charge in [-0.1, -0.05) is 0 Å². The number of hydrogen-bond donors (Lipinski definition) is 1. The lowest BCUT2D eigenvalue weighted by Crippen LogP contribution is -2.03. The highest BCUT2D eigenvalue weighted by Gasteiger charge is 1.99. The van der Waals surface area contributed by atoms with E-state index in [4.69, 9.17) is 0 Å². The Hall–Kier alpha value is -0.220. The van der Waals surface area contributed by atoms with Crippen LogP contribution in [0.15, 0.2) is 22.7 Å². The van der Waals surface area contributed by atoms with Crippen molar-refractivity contribution in [2.45, 2.75) is 6.42 Å². The van der Waals surface area contributed by atoms with Gasteiger partial charge in [0, 0.05) is 16.7 Å². The van der Waals surface area contributed by atoms with Crippen LogP contribution in [0.1, 0.15) is 6.42 Å². The predicted octanol–water partition coefficient (Wildman–Crippen LogP) is 3.75. The molecule has 0 radical (unpaired) electrons. The SMILES string of the molecule is CSCCCNc1ccc(F)cc1Br. The highest BCUT2D eigenvalue weighted by Crippen LogP contribution is 2.22.